The van der Waals surface area contributed by atoms with Gasteiger partial charge in [0.05, 0.1) is 30.4 Å². The molecule has 0 aliphatic rings. The molecule has 0 aliphatic carbocycles. The van der Waals surface area contributed by atoms with Gasteiger partial charge in [0.2, 0.25) is 0 Å². The highest BCUT2D eigenvalue weighted by Gasteiger charge is 2.10. The molecule has 1 N–H and O–H groups in total. The van der Waals surface area contributed by atoms with Gasteiger partial charge in [-0.05, 0) is 19.9 Å². The molecule has 1 heterocycles. The van der Waals surface area contributed by atoms with Crippen LogP contribution < -0.4 is 15.0 Å². The van der Waals surface area contributed by atoms with Crippen LogP contribution in [0.1, 0.15) is 13.8 Å². The van der Waals surface area contributed by atoms with Gasteiger partial charge in [0.25, 0.3) is 5.56 Å². The van der Waals surface area contributed by atoms with Crippen molar-refractivity contribution in [2.45, 2.75) is 20.0 Å². The van der Waals surface area contributed by atoms with Crippen LogP contribution in [0.15, 0.2) is 23.3 Å². The van der Waals surface area contributed by atoms with E-state index < -0.39 is 0 Å². The first-order valence-corrected chi connectivity index (χ1v) is 5.34. The molecule has 0 unspecified atom stereocenters. The molecule has 0 atom stereocenters. The summed E-state index contributed by atoms with van der Waals surface area (Å²) in [7, 11) is 1.54. The number of nitrogens with one attached hydrogen (secondary N) is 1. The number of benzene rings is 1. The predicted molar refractivity (Wildman–Crippen MR) is 64.7 cm³/mol. The molecule has 0 saturated carbocycles. The van der Waals surface area contributed by atoms with Gasteiger partial charge in [0.1, 0.15) is 0 Å². The van der Waals surface area contributed by atoms with E-state index in [-0.39, 0.29) is 11.7 Å². The third-order valence-electron chi connectivity index (χ3n) is 2.29. The summed E-state index contributed by atoms with van der Waals surface area (Å²) in [6, 6.07) is 3.35. The Morgan fingerprint density at radius 2 is 2.06 bits per heavy atom. The Morgan fingerprint density at radius 1 is 1.29 bits per heavy atom. The van der Waals surface area contributed by atoms with Crippen molar-refractivity contribution in [2.24, 2.45) is 0 Å². The van der Waals surface area contributed by atoms with Gasteiger partial charge in [-0.15, -0.1) is 0 Å². The summed E-state index contributed by atoms with van der Waals surface area (Å²) in [5.41, 5.74) is 0.398. The average molecular weight is 234 g/mol. The number of nitrogens with zero attached hydrogens (tertiary/aromatic N) is 1. The largest absolute Gasteiger partial charge is 0.493 e. The first-order chi connectivity index (χ1) is 8.11. The SMILES string of the molecule is COc1cc2c(=O)[nH]cnc2cc1OC(C)C. The first kappa shape index (κ1) is 11.4. The van der Waals surface area contributed by atoms with Crippen molar-refractivity contribution >= 4 is 10.9 Å². The molecule has 5 nitrogen and oxygen atoms in total. The van der Waals surface area contributed by atoms with E-state index in [1.165, 1.54) is 6.33 Å². The third-order valence-corrected chi connectivity index (χ3v) is 2.29. The number of H-pyrrole nitrogens is 1. The fourth-order valence-electron chi connectivity index (χ4n) is 1.58. The summed E-state index contributed by atoms with van der Waals surface area (Å²) < 4.78 is 10.8. The van der Waals surface area contributed by atoms with Gasteiger partial charge in [-0.3, -0.25) is 4.79 Å². The number of hydrogen-bond acceptors (Lipinski definition) is 4. The van der Waals surface area contributed by atoms with Crippen LogP contribution in [-0.4, -0.2) is 23.2 Å². The molecular weight excluding hydrogens is 220 g/mol. The smallest absolute Gasteiger partial charge is 0.258 e. The second-order valence-electron chi connectivity index (χ2n) is 3.92. The number of aromatic amines is 1. The quantitative estimate of drug-likeness (QED) is 0.878. The number of rotatable bonds is 3. The van der Waals surface area contributed by atoms with E-state index in [2.05, 4.69) is 9.97 Å². The van der Waals surface area contributed by atoms with E-state index in [4.69, 9.17) is 9.47 Å². The van der Waals surface area contributed by atoms with Crippen molar-refractivity contribution in [1.29, 1.82) is 0 Å². The molecular formula is C12H14N2O3. The maximum absolute atomic E-state index is 11.6. The standard InChI is InChI=1S/C12H14N2O3/c1-7(2)17-11-5-9-8(4-10(11)16-3)12(15)14-6-13-9/h4-7H,1-3H3,(H,13,14,15). The lowest BCUT2D eigenvalue weighted by Gasteiger charge is -2.13. The summed E-state index contributed by atoms with van der Waals surface area (Å²) >= 11 is 0. The molecule has 17 heavy (non-hydrogen) atoms. The van der Waals surface area contributed by atoms with Crippen molar-refractivity contribution in [3.05, 3.63) is 28.8 Å². The van der Waals surface area contributed by atoms with Crippen LogP contribution in [0.4, 0.5) is 0 Å². The summed E-state index contributed by atoms with van der Waals surface area (Å²) in [5.74, 6) is 1.12. The Kier molecular flexibility index (Phi) is 2.99. The molecule has 0 spiro atoms. The zero-order valence-corrected chi connectivity index (χ0v) is 9.98. The van der Waals surface area contributed by atoms with Crippen LogP contribution in [0.3, 0.4) is 0 Å². The highest BCUT2D eigenvalue weighted by molar-refractivity contribution is 5.81. The van der Waals surface area contributed by atoms with Crippen LogP contribution in [-0.2, 0) is 0 Å². The molecule has 0 saturated heterocycles. The van der Waals surface area contributed by atoms with Crippen molar-refractivity contribution < 1.29 is 9.47 Å². The summed E-state index contributed by atoms with van der Waals surface area (Å²) in [6.07, 6.45) is 1.40. The van der Waals surface area contributed by atoms with Gasteiger partial charge in [-0.1, -0.05) is 0 Å². The van der Waals surface area contributed by atoms with Gasteiger partial charge in [-0.2, -0.15) is 0 Å². The molecule has 1 aromatic carbocycles. The van der Waals surface area contributed by atoms with Crippen molar-refractivity contribution in [1.82, 2.24) is 9.97 Å². The molecule has 0 amide bonds. The molecule has 1 aromatic heterocycles. The van der Waals surface area contributed by atoms with Crippen LogP contribution in [0.2, 0.25) is 0 Å². The van der Waals surface area contributed by atoms with Gasteiger partial charge in [-0.25, -0.2) is 4.98 Å². The second kappa shape index (κ2) is 4.45. The average Bonchev–Trinajstić information content (AvgIpc) is 2.28. The van der Waals surface area contributed by atoms with E-state index >= 15 is 0 Å². The lowest BCUT2D eigenvalue weighted by Crippen LogP contribution is -2.09. The number of aromatic nitrogens is 2. The van der Waals surface area contributed by atoms with E-state index in [0.717, 1.165) is 0 Å². The Labute approximate surface area is 98.4 Å². The summed E-state index contributed by atoms with van der Waals surface area (Å²) in [6.45, 7) is 3.85. The molecule has 90 valence electrons. The van der Waals surface area contributed by atoms with Crippen molar-refractivity contribution in [3.63, 3.8) is 0 Å². The predicted octanol–water partition coefficient (Wildman–Crippen LogP) is 1.72. The van der Waals surface area contributed by atoms with Crippen molar-refractivity contribution in [3.8, 4) is 11.5 Å². The maximum Gasteiger partial charge on any atom is 0.258 e. The van der Waals surface area contributed by atoms with Gasteiger partial charge in [0.15, 0.2) is 11.5 Å². The normalized spacial score (nSPS) is 10.8. The summed E-state index contributed by atoms with van der Waals surface area (Å²) in [4.78, 5) is 18.2. The van der Waals surface area contributed by atoms with E-state index in [9.17, 15) is 4.79 Å². The number of hydrogen-bond donors (Lipinski definition) is 1. The fraction of sp³-hybridized carbons (Fsp3) is 0.333. The van der Waals surface area contributed by atoms with Crippen molar-refractivity contribution in [2.75, 3.05) is 7.11 Å². The van der Waals surface area contributed by atoms with E-state index in [1.54, 1.807) is 19.2 Å². The molecule has 0 fully saturated rings. The molecule has 2 rings (SSSR count). The first-order valence-electron chi connectivity index (χ1n) is 5.34. The Balaban J connectivity index is 2.65. The minimum absolute atomic E-state index is 0.0309. The van der Waals surface area contributed by atoms with E-state index in [1.807, 2.05) is 13.8 Å². The number of ether oxygens (including phenoxy) is 2. The minimum Gasteiger partial charge on any atom is -0.493 e. The third kappa shape index (κ3) is 2.22. The van der Waals surface area contributed by atoms with Gasteiger partial charge >= 0.3 is 0 Å². The van der Waals surface area contributed by atoms with Crippen LogP contribution in [0, 0.1) is 0 Å². The fourth-order valence-corrected chi connectivity index (χ4v) is 1.58. The maximum atomic E-state index is 11.6. The Hall–Kier alpha value is -2.04. The highest BCUT2D eigenvalue weighted by Crippen LogP contribution is 2.30. The lowest BCUT2D eigenvalue weighted by molar-refractivity contribution is 0.230. The topological polar surface area (TPSA) is 64.2 Å². The monoisotopic (exact) mass is 234 g/mol. The Morgan fingerprint density at radius 3 is 2.71 bits per heavy atom. The molecule has 0 radical (unpaired) electrons. The molecule has 5 heteroatoms. The molecule has 0 aliphatic heterocycles. The second-order valence-corrected chi connectivity index (χ2v) is 3.92. The Bertz CT molecular complexity index is 590. The van der Waals surface area contributed by atoms with Crippen LogP contribution in [0.5, 0.6) is 11.5 Å². The lowest BCUT2D eigenvalue weighted by atomic mass is 10.2. The van der Waals surface area contributed by atoms with Gasteiger partial charge < -0.3 is 14.5 Å². The van der Waals surface area contributed by atoms with Crippen LogP contribution >= 0.6 is 0 Å². The highest BCUT2D eigenvalue weighted by atomic mass is 16.5. The van der Waals surface area contributed by atoms with Gasteiger partial charge in [0, 0.05) is 6.07 Å². The van der Waals surface area contributed by atoms with E-state index in [0.29, 0.717) is 22.4 Å². The molecule has 0 bridgehead atoms. The number of methoxy groups -OCH3 is 1. The zero-order valence-electron chi connectivity index (χ0n) is 9.98. The number of fused-ring (bicyclic) bond motifs is 1. The minimum atomic E-state index is -0.190. The van der Waals surface area contributed by atoms with Crippen LogP contribution in [0.25, 0.3) is 10.9 Å². The summed E-state index contributed by atoms with van der Waals surface area (Å²) in [5, 5.41) is 0.487. The molecule has 2 aromatic rings. The zero-order chi connectivity index (χ0) is 12.4.